The van der Waals surface area contributed by atoms with Crippen LogP contribution in [-0.4, -0.2) is 35.6 Å². The maximum Gasteiger partial charge on any atom is 0.174 e. The fourth-order valence-electron chi connectivity index (χ4n) is 3.30. The highest BCUT2D eigenvalue weighted by atomic mass is 127. The van der Waals surface area contributed by atoms with Crippen LogP contribution in [0.15, 0.2) is 24.4 Å². The smallest absolute Gasteiger partial charge is 0.174 e. The second-order valence-corrected chi connectivity index (χ2v) is 7.36. The second kappa shape index (κ2) is 7.59. The van der Waals surface area contributed by atoms with Gasteiger partial charge < -0.3 is 14.2 Å². The van der Waals surface area contributed by atoms with Crippen LogP contribution in [0.3, 0.4) is 0 Å². The van der Waals surface area contributed by atoms with Crippen molar-refractivity contribution in [2.45, 2.75) is 25.5 Å². The Balaban J connectivity index is 1.86. The van der Waals surface area contributed by atoms with Crippen LogP contribution in [0, 0.1) is 9.52 Å². The Morgan fingerprint density at radius 2 is 2.07 bits per heavy atom. The molecule has 1 aliphatic rings. The maximum absolute atomic E-state index is 14.9. The summed E-state index contributed by atoms with van der Waals surface area (Å²) in [5.74, 6) is 0.147. The first-order valence-electron chi connectivity index (χ1n) is 8.69. The molecule has 0 amide bonds. The summed E-state index contributed by atoms with van der Waals surface area (Å²) in [6, 6.07) is 4.98. The summed E-state index contributed by atoms with van der Waals surface area (Å²) in [7, 11) is 2.96. The Morgan fingerprint density at radius 3 is 2.78 bits per heavy atom. The Morgan fingerprint density at radius 1 is 1.22 bits per heavy atom. The van der Waals surface area contributed by atoms with E-state index in [2.05, 4.69) is 32.7 Å². The van der Waals surface area contributed by atoms with E-state index in [0.29, 0.717) is 17.0 Å². The molecule has 0 saturated carbocycles. The van der Waals surface area contributed by atoms with Gasteiger partial charge in [0.1, 0.15) is 9.45 Å². The lowest BCUT2D eigenvalue weighted by molar-refractivity contribution is -0.0368. The minimum absolute atomic E-state index is 0.107. The first-order chi connectivity index (χ1) is 13.1. The van der Waals surface area contributed by atoms with Crippen molar-refractivity contribution in [2.75, 3.05) is 20.8 Å². The number of pyridine rings is 1. The van der Waals surface area contributed by atoms with E-state index in [4.69, 9.17) is 14.2 Å². The summed E-state index contributed by atoms with van der Waals surface area (Å²) < 4.78 is 33.9. The first kappa shape index (κ1) is 18.4. The molecule has 3 aromatic rings. The fraction of sp³-hybridized carbons (Fsp3) is 0.368. The van der Waals surface area contributed by atoms with E-state index in [1.165, 1.54) is 20.3 Å². The normalized spacial score (nSPS) is 17.3. The number of aromatic nitrogens is 3. The van der Waals surface area contributed by atoms with Gasteiger partial charge in [-0.2, -0.15) is 5.10 Å². The van der Waals surface area contributed by atoms with Gasteiger partial charge in [-0.15, -0.1) is 0 Å². The number of rotatable bonds is 4. The predicted molar refractivity (Wildman–Crippen MR) is 108 cm³/mol. The van der Waals surface area contributed by atoms with Crippen molar-refractivity contribution in [3.63, 3.8) is 0 Å². The Bertz CT molecular complexity index is 986. The summed E-state index contributed by atoms with van der Waals surface area (Å²) in [6.45, 7) is 0.724. The van der Waals surface area contributed by atoms with E-state index < -0.39 is 5.82 Å². The van der Waals surface area contributed by atoms with Crippen molar-refractivity contribution >= 4 is 33.5 Å². The molecule has 4 rings (SSSR count). The van der Waals surface area contributed by atoms with E-state index in [9.17, 15) is 4.39 Å². The number of halogens is 2. The molecule has 0 spiro atoms. The van der Waals surface area contributed by atoms with Crippen LogP contribution >= 0.6 is 22.6 Å². The Labute approximate surface area is 169 Å². The monoisotopic (exact) mass is 483 g/mol. The van der Waals surface area contributed by atoms with Crippen molar-refractivity contribution < 1.29 is 18.6 Å². The number of hydrogen-bond donors (Lipinski definition) is 0. The fourth-order valence-corrected chi connectivity index (χ4v) is 3.95. The third-order valence-electron chi connectivity index (χ3n) is 4.72. The van der Waals surface area contributed by atoms with Gasteiger partial charge in [-0.3, -0.25) is 4.98 Å². The molecule has 3 heterocycles. The van der Waals surface area contributed by atoms with Gasteiger partial charge in [-0.05, 0) is 54.0 Å². The highest BCUT2D eigenvalue weighted by molar-refractivity contribution is 14.1. The van der Waals surface area contributed by atoms with Crippen LogP contribution in [0.4, 0.5) is 4.39 Å². The summed E-state index contributed by atoms with van der Waals surface area (Å²) >= 11 is 2.19. The van der Waals surface area contributed by atoms with Crippen LogP contribution in [0.2, 0.25) is 0 Å². The Kier molecular flexibility index (Phi) is 5.18. The van der Waals surface area contributed by atoms with Crippen molar-refractivity contribution in [2.24, 2.45) is 0 Å². The summed E-state index contributed by atoms with van der Waals surface area (Å²) in [6.07, 6.45) is 4.69. The molecule has 1 atom stereocenters. The zero-order valence-electron chi connectivity index (χ0n) is 15.0. The number of methoxy groups -OCH3 is 2. The molecule has 0 bridgehead atoms. The minimum Gasteiger partial charge on any atom is -0.497 e. The molecule has 1 aliphatic heterocycles. The van der Waals surface area contributed by atoms with E-state index in [-0.39, 0.29) is 12.0 Å². The van der Waals surface area contributed by atoms with Crippen molar-refractivity contribution in [1.82, 2.24) is 14.8 Å². The predicted octanol–water partition coefficient (Wildman–Crippen LogP) is 4.56. The lowest BCUT2D eigenvalue weighted by Crippen LogP contribution is -2.19. The number of fused-ring (bicyclic) bond motifs is 1. The van der Waals surface area contributed by atoms with Gasteiger partial charge >= 0.3 is 0 Å². The van der Waals surface area contributed by atoms with Gasteiger partial charge in [0, 0.05) is 24.4 Å². The molecular weight excluding hydrogens is 464 g/mol. The molecule has 1 unspecified atom stereocenters. The van der Waals surface area contributed by atoms with Crippen molar-refractivity contribution in [3.8, 4) is 22.8 Å². The molecule has 2 aromatic heterocycles. The van der Waals surface area contributed by atoms with Crippen LogP contribution in [0.5, 0.6) is 11.5 Å². The zero-order chi connectivity index (χ0) is 19.0. The third kappa shape index (κ3) is 3.36. The zero-order valence-corrected chi connectivity index (χ0v) is 17.2. The average molecular weight is 483 g/mol. The van der Waals surface area contributed by atoms with E-state index in [1.807, 2.05) is 10.7 Å². The lowest BCUT2D eigenvalue weighted by Gasteiger charge is -2.23. The van der Waals surface area contributed by atoms with Gasteiger partial charge in [-0.25, -0.2) is 9.07 Å². The highest BCUT2D eigenvalue weighted by Gasteiger charge is 2.22. The van der Waals surface area contributed by atoms with Crippen LogP contribution < -0.4 is 9.47 Å². The largest absolute Gasteiger partial charge is 0.497 e. The van der Waals surface area contributed by atoms with Gasteiger partial charge in [0.05, 0.1) is 30.8 Å². The molecule has 0 aliphatic carbocycles. The molecule has 8 heteroatoms. The molecule has 1 aromatic carbocycles. The number of benzene rings is 1. The summed E-state index contributed by atoms with van der Waals surface area (Å²) in [5.41, 5.74) is 1.68. The maximum atomic E-state index is 14.9. The highest BCUT2D eigenvalue weighted by Crippen LogP contribution is 2.35. The SMILES string of the molecule is COc1cc(OC)c(F)c(-c2cc3c(cn2)c(I)nn3C2CCCCO2)c1. The molecule has 0 radical (unpaired) electrons. The molecule has 142 valence electrons. The van der Waals surface area contributed by atoms with E-state index in [0.717, 1.165) is 40.5 Å². The van der Waals surface area contributed by atoms with E-state index >= 15 is 0 Å². The van der Waals surface area contributed by atoms with Gasteiger partial charge in [-0.1, -0.05) is 0 Å². The van der Waals surface area contributed by atoms with Crippen molar-refractivity contribution in [3.05, 3.63) is 33.9 Å². The minimum atomic E-state index is -0.472. The van der Waals surface area contributed by atoms with Crippen LogP contribution in [0.1, 0.15) is 25.5 Å². The summed E-state index contributed by atoms with van der Waals surface area (Å²) in [5, 5.41) is 5.55. The molecule has 1 fully saturated rings. The number of ether oxygens (including phenoxy) is 3. The molecular formula is C19H19FIN3O3. The van der Waals surface area contributed by atoms with Crippen LogP contribution in [0.25, 0.3) is 22.2 Å². The lowest BCUT2D eigenvalue weighted by atomic mass is 10.1. The first-order valence-corrected chi connectivity index (χ1v) is 9.77. The van der Waals surface area contributed by atoms with Gasteiger partial charge in [0.2, 0.25) is 0 Å². The van der Waals surface area contributed by atoms with E-state index in [1.54, 1.807) is 12.3 Å². The molecule has 27 heavy (non-hydrogen) atoms. The van der Waals surface area contributed by atoms with Gasteiger partial charge in [0.25, 0.3) is 0 Å². The standard InChI is InChI=1S/C19H19FIN3O3/c1-25-11-7-12(18(20)16(8-11)26-2)14-9-15-13(10-22-14)19(21)23-24(15)17-5-3-4-6-27-17/h7-10,17H,3-6H2,1-2H3. The molecule has 1 saturated heterocycles. The van der Waals surface area contributed by atoms with Gasteiger partial charge in [0.15, 0.2) is 17.8 Å². The third-order valence-corrected chi connectivity index (χ3v) is 5.52. The Hall–Kier alpha value is -1.94. The molecule has 0 N–H and O–H groups in total. The second-order valence-electron chi connectivity index (χ2n) is 6.33. The molecule has 6 nitrogen and oxygen atoms in total. The average Bonchev–Trinajstić information content (AvgIpc) is 3.05. The number of hydrogen-bond acceptors (Lipinski definition) is 5. The number of nitrogens with zero attached hydrogens (tertiary/aromatic N) is 3. The topological polar surface area (TPSA) is 58.4 Å². The van der Waals surface area contributed by atoms with Crippen LogP contribution in [-0.2, 0) is 4.74 Å². The summed E-state index contributed by atoms with van der Waals surface area (Å²) in [4.78, 5) is 4.46. The quantitative estimate of drug-likeness (QED) is 0.510. The van der Waals surface area contributed by atoms with Crippen molar-refractivity contribution in [1.29, 1.82) is 0 Å².